The molecule has 0 spiro atoms. The predicted molar refractivity (Wildman–Crippen MR) is 80.1 cm³/mol. The molecule has 2 aliphatic rings. The van der Waals surface area contributed by atoms with Crippen molar-refractivity contribution in [2.45, 2.75) is 39.5 Å². The van der Waals surface area contributed by atoms with Crippen molar-refractivity contribution in [3.63, 3.8) is 0 Å². The van der Waals surface area contributed by atoms with E-state index in [4.69, 9.17) is 0 Å². The van der Waals surface area contributed by atoms with Gasteiger partial charge in [0.15, 0.2) is 0 Å². The van der Waals surface area contributed by atoms with Gasteiger partial charge in [-0.1, -0.05) is 13.8 Å². The van der Waals surface area contributed by atoms with Crippen molar-refractivity contribution in [1.82, 2.24) is 4.90 Å². The number of thiophene rings is 1. The molecule has 0 unspecified atom stereocenters. The van der Waals surface area contributed by atoms with Crippen LogP contribution in [0.4, 0.5) is 4.39 Å². The number of hydrogen-bond acceptors (Lipinski definition) is 2. The highest BCUT2D eigenvalue weighted by atomic mass is 32.1. The van der Waals surface area contributed by atoms with Crippen molar-refractivity contribution in [2.24, 2.45) is 11.3 Å². The summed E-state index contributed by atoms with van der Waals surface area (Å²) in [6, 6.07) is 2.10. The standard InChI is InChI=1S/C16H22FNOS/c1-16(2)5-3-13-12(8-16)7-14(20-13)15(19)18-9-11(10-18)4-6-17/h7,11H,3-6,8-10H2,1-2H3. The molecule has 1 aliphatic carbocycles. The Morgan fingerprint density at radius 1 is 1.50 bits per heavy atom. The highest BCUT2D eigenvalue weighted by Crippen LogP contribution is 2.39. The second kappa shape index (κ2) is 5.14. The second-order valence-electron chi connectivity index (χ2n) is 6.95. The van der Waals surface area contributed by atoms with Gasteiger partial charge in [0.2, 0.25) is 0 Å². The second-order valence-corrected chi connectivity index (χ2v) is 8.09. The summed E-state index contributed by atoms with van der Waals surface area (Å²) in [6.07, 6.45) is 3.98. The van der Waals surface area contributed by atoms with Gasteiger partial charge in [0.1, 0.15) is 0 Å². The molecule has 0 atom stereocenters. The Balaban J connectivity index is 1.67. The van der Waals surface area contributed by atoms with E-state index < -0.39 is 0 Å². The van der Waals surface area contributed by atoms with Crippen LogP contribution in [-0.2, 0) is 12.8 Å². The van der Waals surface area contributed by atoms with Crippen molar-refractivity contribution < 1.29 is 9.18 Å². The molecule has 0 bridgehead atoms. The quantitative estimate of drug-likeness (QED) is 0.832. The van der Waals surface area contributed by atoms with Crippen LogP contribution in [0.2, 0.25) is 0 Å². The van der Waals surface area contributed by atoms with Crippen molar-refractivity contribution in [2.75, 3.05) is 19.8 Å². The van der Waals surface area contributed by atoms with Crippen LogP contribution >= 0.6 is 11.3 Å². The average Bonchev–Trinajstić information content (AvgIpc) is 2.74. The lowest BCUT2D eigenvalue weighted by Crippen LogP contribution is -2.49. The highest BCUT2D eigenvalue weighted by molar-refractivity contribution is 7.14. The van der Waals surface area contributed by atoms with Gasteiger partial charge < -0.3 is 4.90 Å². The fraction of sp³-hybridized carbons (Fsp3) is 0.688. The molecule has 1 fully saturated rings. The Kier molecular flexibility index (Phi) is 3.61. The maximum absolute atomic E-state index is 12.4. The predicted octanol–water partition coefficient (Wildman–Crippen LogP) is 3.69. The molecule has 20 heavy (non-hydrogen) atoms. The van der Waals surface area contributed by atoms with E-state index in [1.165, 1.54) is 16.9 Å². The first-order valence-electron chi connectivity index (χ1n) is 7.45. The molecule has 1 amide bonds. The third-order valence-electron chi connectivity index (χ3n) is 4.57. The molecule has 1 saturated heterocycles. The molecule has 1 aliphatic heterocycles. The van der Waals surface area contributed by atoms with Crippen LogP contribution in [0, 0.1) is 11.3 Å². The maximum Gasteiger partial charge on any atom is 0.263 e. The van der Waals surface area contributed by atoms with Crippen molar-refractivity contribution in [3.05, 3.63) is 21.4 Å². The Morgan fingerprint density at radius 2 is 2.25 bits per heavy atom. The van der Waals surface area contributed by atoms with Crippen LogP contribution in [-0.4, -0.2) is 30.6 Å². The number of rotatable bonds is 3. The fourth-order valence-electron chi connectivity index (χ4n) is 3.22. The molecular formula is C16H22FNOS. The average molecular weight is 295 g/mol. The summed E-state index contributed by atoms with van der Waals surface area (Å²) >= 11 is 1.67. The van der Waals surface area contributed by atoms with Gasteiger partial charge >= 0.3 is 0 Å². The van der Waals surface area contributed by atoms with E-state index in [9.17, 15) is 9.18 Å². The monoisotopic (exact) mass is 295 g/mol. The maximum atomic E-state index is 12.4. The number of hydrogen-bond donors (Lipinski definition) is 0. The largest absolute Gasteiger partial charge is 0.337 e. The Morgan fingerprint density at radius 3 is 2.95 bits per heavy atom. The number of carbonyl (C=O) groups is 1. The molecule has 4 heteroatoms. The lowest BCUT2D eigenvalue weighted by Gasteiger charge is -2.38. The van der Waals surface area contributed by atoms with E-state index in [0.29, 0.717) is 17.8 Å². The molecule has 2 nitrogen and oxygen atoms in total. The first-order chi connectivity index (χ1) is 9.48. The lowest BCUT2D eigenvalue weighted by molar-refractivity contribution is 0.0477. The molecule has 0 radical (unpaired) electrons. The normalized spacial score (nSPS) is 21.4. The zero-order chi connectivity index (χ0) is 14.3. The van der Waals surface area contributed by atoms with E-state index >= 15 is 0 Å². The topological polar surface area (TPSA) is 20.3 Å². The Hall–Kier alpha value is -0.900. The van der Waals surface area contributed by atoms with E-state index in [-0.39, 0.29) is 12.6 Å². The summed E-state index contributed by atoms with van der Waals surface area (Å²) in [6.45, 7) is 5.79. The van der Waals surface area contributed by atoms with Gasteiger partial charge in [-0.3, -0.25) is 9.18 Å². The van der Waals surface area contributed by atoms with Gasteiger partial charge in [0.25, 0.3) is 5.91 Å². The highest BCUT2D eigenvalue weighted by Gasteiger charge is 2.33. The van der Waals surface area contributed by atoms with Crippen LogP contribution in [0.5, 0.6) is 0 Å². The fourth-order valence-corrected chi connectivity index (χ4v) is 4.37. The Bertz CT molecular complexity index is 517. The summed E-state index contributed by atoms with van der Waals surface area (Å²) in [7, 11) is 0. The number of fused-ring (bicyclic) bond motifs is 1. The van der Waals surface area contributed by atoms with E-state index in [2.05, 4.69) is 19.9 Å². The number of nitrogens with zero attached hydrogens (tertiary/aromatic N) is 1. The van der Waals surface area contributed by atoms with Crippen LogP contribution < -0.4 is 0 Å². The minimum atomic E-state index is -0.269. The summed E-state index contributed by atoms with van der Waals surface area (Å²) in [4.78, 5) is 16.5. The van der Waals surface area contributed by atoms with Gasteiger partial charge in [-0.2, -0.15) is 0 Å². The third-order valence-corrected chi connectivity index (χ3v) is 5.79. The van der Waals surface area contributed by atoms with Crippen molar-refractivity contribution in [1.29, 1.82) is 0 Å². The van der Waals surface area contributed by atoms with Crippen LogP contribution in [0.3, 0.4) is 0 Å². The van der Waals surface area contributed by atoms with Gasteiger partial charge in [0.05, 0.1) is 11.6 Å². The zero-order valence-corrected chi connectivity index (χ0v) is 13.1. The summed E-state index contributed by atoms with van der Waals surface area (Å²) in [5.41, 5.74) is 1.73. The molecule has 0 aromatic carbocycles. The smallest absolute Gasteiger partial charge is 0.263 e. The van der Waals surface area contributed by atoms with Gasteiger partial charge in [-0.15, -0.1) is 11.3 Å². The number of carbonyl (C=O) groups excluding carboxylic acids is 1. The first-order valence-corrected chi connectivity index (χ1v) is 8.27. The molecule has 0 N–H and O–H groups in total. The van der Waals surface area contributed by atoms with E-state index in [1.807, 2.05) is 4.90 Å². The number of amides is 1. The SMILES string of the molecule is CC1(C)CCc2sc(C(=O)N3CC(CCF)C3)cc2C1. The lowest BCUT2D eigenvalue weighted by atomic mass is 9.77. The molecule has 0 saturated carbocycles. The van der Waals surface area contributed by atoms with Crippen molar-refractivity contribution >= 4 is 17.2 Å². The first kappa shape index (κ1) is 14.1. The van der Waals surface area contributed by atoms with Gasteiger partial charge in [0, 0.05) is 18.0 Å². The number of likely N-dealkylation sites (tertiary alicyclic amines) is 1. The summed E-state index contributed by atoms with van der Waals surface area (Å²) in [5.74, 6) is 0.523. The number of alkyl halides is 1. The molecular weight excluding hydrogens is 273 g/mol. The van der Waals surface area contributed by atoms with Gasteiger partial charge in [-0.25, -0.2) is 0 Å². The molecule has 110 valence electrons. The van der Waals surface area contributed by atoms with Crippen LogP contribution in [0.1, 0.15) is 46.8 Å². The third kappa shape index (κ3) is 2.62. The van der Waals surface area contributed by atoms with E-state index in [0.717, 1.165) is 30.8 Å². The summed E-state index contributed by atoms with van der Waals surface area (Å²) in [5, 5.41) is 0. The van der Waals surface area contributed by atoms with Crippen LogP contribution in [0.25, 0.3) is 0 Å². The minimum Gasteiger partial charge on any atom is -0.337 e. The summed E-state index contributed by atoms with van der Waals surface area (Å²) < 4.78 is 12.2. The van der Waals surface area contributed by atoms with Crippen molar-refractivity contribution in [3.8, 4) is 0 Å². The van der Waals surface area contributed by atoms with Crippen LogP contribution in [0.15, 0.2) is 6.07 Å². The van der Waals surface area contributed by atoms with E-state index in [1.54, 1.807) is 11.3 Å². The molecule has 3 rings (SSSR count). The zero-order valence-electron chi connectivity index (χ0n) is 12.2. The van der Waals surface area contributed by atoms with Gasteiger partial charge in [-0.05, 0) is 48.6 Å². The molecule has 2 heterocycles. The number of aryl methyl sites for hydroxylation is 1. The number of halogens is 1. The minimum absolute atomic E-state index is 0.150. The Labute approximate surface area is 124 Å². The molecule has 1 aromatic heterocycles. The molecule has 1 aromatic rings.